The van der Waals surface area contributed by atoms with Crippen molar-refractivity contribution in [2.45, 2.75) is 52.2 Å². The SMILES string of the molecule is CC[C@@H](C)NC(=O)[C@@H](Cc1ccccc1)N(Cc1ccc(Br)cc1)C(=O)CN(c1ccc2c(c1)OCO2)S(=O)(=O)CC. The molecule has 9 nitrogen and oxygen atoms in total. The molecule has 0 aliphatic carbocycles. The zero-order valence-electron chi connectivity index (χ0n) is 24.0. The van der Waals surface area contributed by atoms with E-state index in [1.54, 1.807) is 18.2 Å². The molecule has 224 valence electrons. The summed E-state index contributed by atoms with van der Waals surface area (Å²) in [6.07, 6.45) is 0.979. The van der Waals surface area contributed by atoms with Crippen molar-refractivity contribution < 1.29 is 27.5 Å². The third kappa shape index (κ3) is 7.83. The lowest BCUT2D eigenvalue weighted by atomic mass is 10.0. The Morgan fingerprint density at radius 3 is 2.31 bits per heavy atom. The van der Waals surface area contributed by atoms with Crippen molar-refractivity contribution in [1.29, 1.82) is 0 Å². The Balaban J connectivity index is 1.74. The average Bonchev–Trinajstić information content (AvgIpc) is 3.47. The number of hydrogen-bond donors (Lipinski definition) is 1. The molecule has 0 fully saturated rings. The van der Waals surface area contributed by atoms with Gasteiger partial charge in [-0.05, 0) is 55.7 Å². The number of amides is 2. The number of nitrogens with zero attached hydrogens (tertiary/aromatic N) is 2. The van der Waals surface area contributed by atoms with E-state index in [4.69, 9.17) is 9.47 Å². The van der Waals surface area contributed by atoms with E-state index in [9.17, 15) is 18.0 Å². The van der Waals surface area contributed by atoms with Crippen LogP contribution in [-0.4, -0.2) is 56.3 Å². The quantitative estimate of drug-likeness (QED) is 0.281. The van der Waals surface area contributed by atoms with Gasteiger partial charge >= 0.3 is 0 Å². The minimum absolute atomic E-state index is 0.0334. The van der Waals surface area contributed by atoms with E-state index in [2.05, 4.69) is 21.2 Å². The van der Waals surface area contributed by atoms with Gasteiger partial charge in [-0.2, -0.15) is 0 Å². The molecule has 0 unspecified atom stereocenters. The van der Waals surface area contributed by atoms with E-state index >= 15 is 0 Å². The normalized spacial score (nSPS) is 13.7. The van der Waals surface area contributed by atoms with Gasteiger partial charge in [0.15, 0.2) is 11.5 Å². The summed E-state index contributed by atoms with van der Waals surface area (Å²) in [5.41, 5.74) is 1.96. The van der Waals surface area contributed by atoms with Crippen LogP contribution >= 0.6 is 15.9 Å². The van der Waals surface area contributed by atoms with Gasteiger partial charge in [0, 0.05) is 29.5 Å². The van der Waals surface area contributed by atoms with Crippen LogP contribution in [0.4, 0.5) is 5.69 Å². The smallest absolute Gasteiger partial charge is 0.244 e. The first-order valence-electron chi connectivity index (χ1n) is 13.9. The second-order valence-electron chi connectivity index (χ2n) is 10.1. The highest BCUT2D eigenvalue weighted by molar-refractivity contribution is 9.10. The molecule has 2 amide bonds. The standard InChI is InChI=1S/C31H36BrN3O6S/c1-4-22(3)33-31(37)27(17-23-9-7-6-8-10-23)34(19-24-11-13-25(32)14-12-24)30(36)20-35(42(38,39)5-2)26-15-16-28-29(18-26)41-21-40-28/h6-16,18,22,27H,4-5,17,19-21H2,1-3H3,(H,33,37)/t22-,27-/m1/s1. The lowest BCUT2D eigenvalue weighted by Crippen LogP contribution is -2.54. The molecule has 3 aromatic rings. The molecule has 11 heteroatoms. The van der Waals surface area contributed by atoms with Crippen molar-refractivity contribution in [1.82, 2.24) is 10.2 Å². The third-order valence-corrected chi connectivity index (χ3v) is 9.43. The second-order valence-corrected chi connectivity index (χ2v) is 13.2. The van der Waals surface area contributed by atoms with Crippen LogP contribution in [0.25, 0.3) is 0 Å². The molecule has 2 atom stereocenters. The molecule has 0 aromatic heterocycles. The Morgan fingerprint density at radius 2 is 1.64 bits per heavy atom. The van der Waals surface area contributed by atoms with Crippen molar-refractivity contribution in [3.05, 3.63) is 88.4 Å². The van der Waals surface area contributed by atoms with Crippen LogP contribution in [0.15, 0.2) is 77.3 Å². The van der Waals surface area contributed by atoms with Crippen molar-refractivity contribution in [2.24, 2.45) is 0 Å². The fraction of sp³-hybridized carbons (Fsp3) is 0.355. The zero-order valence-corrected chi connectivity index (χ0v) is 26.4. The van der Waals surface area contributed by atoms with Gasteiger partial charge < -0.3 is 19.7 Å². The summed E-state index contributed by atoms with van der Waals surface area (Å²) in [6.45, 7) is 5.06. The Morgan fingerprint density at radius 1 is 0.952 bits per heavy atom. The van der Waals surface area contributed by atoms with Crippen LogP contribution in [0, 0.1) is 0 Å². The molecule has 0 spiro atoms. The molecule has 3 aromatic carbocycles. The summed E-state index contributed by atoms with van der Waals surface area (Å²) in [4.78, 5) is 29.5. The first-order chi connectivity index (χ1) is 20.1. The Bertz CT molecular complexity index is 1480. The average molecular weight is 659 g/mol. The Labute approximate surface area is 256 Å². The fourth-order valence-corrected chi connectivity index (χ4v) is 5.86. The largest absolute Gasteiger partial charge is 0.454 e. The van der Waals surface area contributed by atoms with Crippen molar-refractivity contribution in [3.63, 3.8) is 0 Å². The van der Waals surface area contributed by atoms with Crippen molar-refractivity contribution in [2.75, 3.05) is 23.4 Å². The number of benzene rings is 3. The van der Waals surface area contributed by atoms with Gasteiger partial charge in [0.25, 0.3) is 0 Å². The van der Waals surface area contributed by atoms with Crippen LogP contribution in [0.3, 0.4) is 0 Å². The predicted octanol–water partition coefficient (Wildman–Crippen LogP) is 4.89. The molecule has 1 heterocycles. The predicted molar refractivity (Wildman–Crippen MR) is 166 cm³/mol. The molecule has 42 heavy (non-hydrogen) atoms. The monoisotopic (exact) mass is 657 g/mol. The molecule has 0 radical (unpaired) electrons. The number of sulfonamides is 1. The highest BCUT2D eigenvalue weighted by Crippen LogP contribution is 2.36. The van der Waals surface area contributed by atoms with E-state index in [0.717, 1.165) is 26.3 Å². The highest BCUT2D eigenvalue weighted by atomic mass is 79.9. The summed E-state index contributed by atoms with van der Waals surface area (Å²) in [7, 11) is -3.88. The molecule has 1 aliphatic heterocycles. The van der Waals surface area contributed by atoms with Gasteiger partial charge in [0.1, 0.15) is 12.6 Å². The number of fused-ring (bicyclic) bond motifs is 1. The van der Waals surface area contributed by atoms with Crippen LogP contribution < -0.4 is 19.1 Å². The van der Waals surface area contributed by atoms with E-state index in [0.29, 0.717) is 11.5 Å². The number of hydrogen-bond acceptors (Lipinski definition) is 6. The number of halogens is 1. The van der Waals surface area contributed by atoms with Gasteiger partial charge in [-0.15, -0.1) is 0 Å². The number of rotatable bonds is 13. The van der Waals surface area contributed by atoms with E-state index in [1.165, 1.54) is 11.8 Å². The molecular formula is C31H36BrN3O6S. The van der Waals surface area contributed by atoms with E-state index in [1.807, 2.05) is 68.4 Å². The Kier molecular flexibility index (Phi) is 10.5. The molecule has 0 saturated carbocycles. The lowest BCUT2D eigenvalue weighted by Gasteiger charge is -2.34. The van der Waals surface area contributed by atoms with E-state index in [-0.39, 0.29) is 43.1 Å². The highest BCUT2D eigenvalue weighted by Gasteiger charge is 2.34. The molecular weight excluding hydrogens is 622 g/mol. The van der Waals surface area contributed by atoms with Gasteiger partial charge in [0.05, 0.1) is 11.4 Å². The third-order valence-electron chi connectivity index (χ3n) is 7.16. The molecule has 0 saturated heterocycles. The minimum Gasteiger partial charge on any atom is -0.454 e. The maximum Gasteiger partial charge on any atom is 0.244 e. The van der Waals surface area contributed by atoms with Crippen LogP contribution in [0.1, 0.15) is 38.3 Å². The molecule has 1 aliphatic rings. The topological polar surface area (TPSA) is 105 Å². The molecule has 0 bridgehead atoms. The van der Waals surface area contributed by atoms with Gasteiger partial charge in [-0.1, -0.05) is 65.3 Å². The maximum absolute atomic E-state index is 14.3. The number of ether oxygens (including phenoxy) is 2. The van der Waals surface area contributed by atoms with Crippen LogP contribution in [0.2, 0.25) is 0 Å². The first-order valence-corrected chi connectivity index (χ1v) is 16.3. The lowest BCUT2D eigenvalue weighted by molar-refractivity contribution is -0.140. The zero-order chi connectivity index (χ0) is 30.3. The minimum atomic E-state index is -3.88. The van der Waals surface area contributed by atoms with Gasteiger partial charge in [-0.3, -0.25) is 13.9 Å². The van der Waals surface area contributed by atoms with E-state index < -0.39 is 28.5 Å². The number of carbonyl (C=O) groups excluding carboxylic acids is 2. The van der Waals surface area contributed by atoms with Crippen molar-refractivity contribution >= 4 is 43.5 Å². The first kappa shape index (κ1) is 31.4. The van der Waals surface area contributed by atoms with Gasteiger partial charge in [0.2, 0.25) is 28.6 Å². The molecule has 4 rings (SSSR count). The number of anilines is 1. The number of carbonyl (C=O) groups is 2. The number of nitrogens with one attached hydrogen (secondary N) is 1. The van der Waals surface area contributed by atoms with Crippen molar-refractivity contribution in [3.8, 4) is 11.5 Å². The summed E-state index contributed by atoms with van der Waals surface area (Å²) in [6, 6.07) is 20.7. The maximum atomic E-state index is 14.3. The van der Waals surface area contributed by atoms with Crippen LogP contribution in [-0.2, 0) is 32.6 Å². The second kappa shape index (κ2) is 14.1. The Hall–Kier alpha value is -3.57. The summed E-state index contributed by atoms with van der Waals surface area (Å²) in [5.74, 6) is -0.124. The summed E-state index contributed by atoms with van der Waals surface area (Å²) in [5, 5.41) is 3.03. The fourth-order valence-electron chi connectivity index (χ4n) is 4.54. The summed E-state index contributed by atoms with van der Waals surface area (Å²) >= 11 is 3.44. The van der Waals surface area contributed by atoms with Crippen LogP contribution in [0.5, 0.6) is 11.5 Å². The van der Waals surface area contributed by atoms with Gasteiger partial charge in [-0.25, -0.2) is 8.42 Å². The summed E-state index contributed by atoms with van der Waals surface area (Å²) < 4.78 is 39.5. The molecule has 1 N–H and O–H groups in total.